The van der Waals surface area contributed by atoms with Crippen LogP contribution in [0.25, 0.3) is 10.9 Å². The second kappa shape index (κ2) is 4.81. The molecule has 0 bridgehead atoms. The molecule has 0 radical (unpaired) electrons. The molecule has 3 nitrogen and oxygen atoms in total. The Labute approximate surface area is 115 Å². The zero-order valence-electron chi connectivity index (χ0n) is 10.9. The van der Waals surface area contributed by atoms with Gasteiger partial charge in [0.05, 0.1) is 0 Å². The first-order chi connectivity index (χ1) is 9.65. The normalized spacial score (nSPS) is 10.7. The molecule has 2 aromatic carbocycles. The molecule has 4 heteroatoms. The summed E-state index contributed by atoms with van der Waals surface area (Å²) in [7, 11) is 0. The molecule has 0 spiro atoms. The molecule has 0 saturated heterocycles. The number of benzene rings is 2. The summed E-state index contributed by atoms with van der Waals surface area (Å²) in [6.07, 6.45) is 0. The zero-order valence-corrected chi connectivity index (χ0v) is 10.9. The largest absolute Gasteiger partial charge is 0.350 e. The molecular weight excluding hydrogens is 255 g/mol. The summed E-state index contributed by atoms with van der Waals surface area (Å²) in [6, 6.07) is 13.5. The van der Waals surface area contributed by atoms with Crippen molar-refractivity contribution in [2.75, 3.05) is 5.32 Å². The van der Waals surface area contributed by atoms with E-state index in [1.807, 2.05) is 31.2 Å². The number of aromatic nitrogens is 1. The van der Waals surface area contributed by atoms with Crippen molar-refractivity contribution < 1.29 is 9.18 Å². The van der Waals surface area contributed by atoms with Crippen LogP contribution in [0.15, 0.2) is 48.5 Å². The van der Waals surface area contributed by atoms with Gasteiger partial charge < -0.3 is 10.3 Å². The molecule has 3 aromatic rings. The lowest BCUT2D eigenvalue weighted by molar-refractivity contribution is 0.102. The summed E-state index contributed by atoms with van der Waals surface area (Å²) in [4.78, 5) is 15.3. The van der Waals surface area contributed by atoms with Crippen LogP contribution in [-0.2, 0) is 0 Å². The number of amides is 1. The molecule has 0 saturated carbocycles. The van der Waals surface area contributed by atoms with Crippen LogP contribution in [0.3, 0.4) is 0 Å². The quantitative estimate of drug-likeness (QED) is 0.728. The highest BCUT2D eigenvalue weighted by Crippen LogP contribution is 2.22. The molecule has 100 valence electrons. The van der Waals surface area contributed by atoms with Gasteiger partial charge in [-0.15, -0.1) is 0 Å². The first kappa shape index (κ1) is 12.4. The third-order valence-corrected chi connectivity index (χ3v) is 3.28. The van der Waals surface area contributed by atoms with Crippen LogP contribution in [0, 0.1) is 12.7 Å². The second-order valence-corrected chi connectivity index (χ2v) is 4.64. The predicted octanol–water partition coefficient (Wildman–Crippen LogP) is 3.87. The Hall–Kier alpha value is -2.62. The number of fused-ring (bicyclic) bond motifs is 1. The van der Waals surface area contributed by atoms with Crippen molar-refractivity contribution in [3.05, 3.63) is 65.6 Å². The number of aromatic amines is 1. The van der Waals surface area contributed by atoms with E-state index < -0.39 is 0 Å². The number of halogens is 1. The van der Waals surface area contributed by atoms with Crippen LogP contribution < -0.4 is 5.32 Å². The second-order valence-electron chi connectivity index (χ2n) is 4.64. The number of rotatable bonds is 2. The average molecular weight is 268 g/mol. The minimum atomic E-state index is -0.379. The molecular formula is C16H13FN2O. The Morgan fingerprint density at radius 3 is 2.70 bits per heavy atom. The van der Waals surface area contributed by atoms with E-state index in [2.05, 4.69) is 10.3 Å². The fraction of sp³-hybridized carbons (Fsp3) is 0.0625. The molecule has 0 unspecified atom stereocenters. The maximum Gasteiger partial charge on any atom is 0.272 e. The van der Waals surface area contributed by atoms with E-state index in [9.17, 15) is 9.18 Å². The maximum absolute atomic E-state index is 13.1. The molecule has 0 aliphatic heterocycles. The van der Waals surface area contributed by atoms with Gasteiger partial charge in [0.1, 0.15) is 11.5 Å². The summed E-state index contributed by atoms with van der Waals surface area (Å²) < 4.78 is 13.1. The number of anilines is 1. The summed E-state index contributed by atoms with van der Waals surface area (Å²) in [5, 5.41) is 3.70. The van der Waals surface area contributed by atoms with Gasteiger partial charge in [-0.25, -0.2) is 4.39 Å². The van der Waals surface area contributed by atoms with Crippen LogP contribution in [0.5, 0.6) is 0 Å². The molecule has 0 fully saturated rings. The van der Waals surface area contributed by atoms with E-state index >= 15 is 0 Å². The SMILES string of the molecule is Cc1c(C(=O)Nc2cccc(F)c2)[nH]c2ccccc12. The Bertz CT molecular complexity index is 792. The van der Waals surface area contributed by atoms with Gasteiger partial charge in [-0.2, -0.15) is 0 Å². The lowest BCUT2D eigenvalue weighted by Gasteiger charge is -2.04. The van der Waals surface area contributed by atoms with Crippen LogP contribution >= 0.6 is 0 Å². The number of nitrogens with one attached hydrogen (secondary N) is 2. The molecule has 2 N–H and O–H groups in total. The van der Waals surface area contributed by atoms with Gasteiger partial charge >= 0.3 is 0 Å². The maximum atomic E-state index is 13.1. The standard InChI is InChI=1S/C16H13FN2O/c1-10-13-7-2-3-8-14(13)19-15(10)16(20)18-12-6-4-5-11(17)9-12/h2-9,19H,1H3,(H,18,20). The lowest BCUT2D eigenvalue weighted by atomic mass is 10.1. The molecule has 1 amide bonds. The van der Waals surface area contributed by atoms with Crippen LogP contribution in [-0.4, -0.2) is 10.9 Å². The minimum absolute atomic E-state index is 0.274. The Morgan fingerprint density at radius 2 is 1.95 bits per heavy atom. The van der Waals surface area contributed by atoms with Gasteiger partial charge in [-0.05, 0) is 36.8 Å². The fourth-order valence-electron chi connectivity index (χ4n) is 2.27. The molecule has 0 aliphatic carbocycles. The molecule has 3 rings (SSSR count). The van der Waals surface area contributed by atoms with Crippen molar-refractivity contribution in [1.29, 1.82) is 0 Å². The highest BCUT2D eigenvalue weighted by atomic mass is 19.1. The highest BCUT2D eigenvalue weighted by molar-refractivity contribution is 6.07. The smallest absolute Gasteiger partial charge is 0.272 e. The third kappa shape index (κ3) is 2.16. The van der Waals surface area contributed by atoms with E-state index in [1.54, 1.807) is 12.1 Å². The first-order valence-electron chi connectivity index (χ1n) is 6.29. The van der Waals surface area contributed by atoms with Crippen LogP contribution in [0.4, 0.5) is 10.1 Å². The van der Waals surface area contributed by atoms with Crippen molar-refractivity contribution in [3.8, 4) is 0 Å². The molecule has 0 atom stereocenters. The lowest BCUT2D eigenvalue weighted by Crippen LogP contribution is -2.13. The summed E-state index contributed by atoms with van der Waals surface area (Å²) in [6.45, 7) is 1.89. The first-order valence-corrected chi connectivity index (χ1v) is 6.29. The van der Waals surface area contributed by atoms with Gasteiger partial charge in [-0.3, -0.25) is 4.79 Å². The number of carbonyl (C=O) groups excluding carboxylic acids is 1. The van der Waals surface area contributed by atoms with Gasteiger partial charge in [0, 0.05) is 16.6 Å². The van der Waals surface area contributed by atoms with Crippen molar-refractivity contribution in [3.63, 3.8) is 0 Å². The van der Waals surface area contributed by atoms with Crippen LogP contribution in [0.1, 0.15) is 16.1 Å². The molecule has 20 heavy (non-hydrogen) atoms. The molecule has 0 aliphatic rings. The number of hydrogen-bond donors (Lipinski definition) is 2. The van der Waals surface area contributed by atoms with Crippen molar-refractivity contribution in [2.24, 2.45) is 0 Å². The average Bonchev–Trinajstić information content (AvgIpc) is 2.77. The highest BCUT2D eigenvalue weighted by Gasteiger charge is 2.14. The Morgan fingerprint density at radius 1 is 1.15 bits per heavy atom. The zero-order chi connectivity index (χ0) is 14.1. The number of aryl methyl sites for hydroxylation is 1. The number of H-pyrrole nitrogens is 1. The van der Waals surface area contributed by atoms with Crippen molar-refractivity contribution in [1.82, 2.24) is 4.98 Å². The Kier molecular flexibility index (Phi) is 2.99. The van der Waals surface area contributed by atoms with Gasteiger partial charge in [0.25, 0.3) is 5.91 Å². The summed E-state index contributed by atoms with van der Waals surface area (Å²) in [5.41, 5.74) is 2.73. The molecule has 1 heterocycles. The van der Waals surface area contributed by atoms with Crippen molar-refractivity contribution in [2.45, 2.75) is 6.92 Å². The summed E-state index contributed by atoms with van der Waals surface area (Å²) in [5.74, 6) is -0.652. The third-order valence-electron chi connectivity index (χ3n) is 3.28. The topological polar surface area (TPSA) is 44.9 Å². The minimum Gasteiger partial charge on any atom is -0.350 e. The van der Waals surface area contributed by atoms with Crippen LogP contribution in [0.2, 0.25) is 0 Å². The number of para-hydroxylation sites is 1. The van der Waals surface area contributed by atoms with E-state index in [0.717, 1.165) is 16.5 Å². The van der Waals surface area contributed by atoms with E-state index in [1.165, 1.54) is 12.1 Å². The van der Waals surface area contributed by atoms with E-state index in [-0.39, 0.29) is 11.7 Å². The summed E-state index contributed by atoms with van der Waals surface area (Å²) >= 11 is 0. The van der Waals surface area contributed by atoms with Gasteiger partial charge in [0.15, 0.2) is 0 Å². The van der Waals surface area contributed by atoms with Gasteiger partial charge in [-0.1, -0.05) is 24.3 Å². The molecule has 1 aromatic heterocycles. The van der Waals surface area contributed by atoms with Crippen molar-refractivity contribution >= 4 is 22.5 Å². The predicted molar refractivity (Wildman–Crippen MR) is 77.4 cm³/mol. The monoisotopic (exact) mass is 268 g/mol. The van der Waals surface area contributed by atoms with E-state index in [4.69, 9.17) is 0 Å². The number of hydrogen-bond acceptors (Lipinski definition) is 1. The fourth-order valence-corrected chi connectivity index (χ4v) is 2.27. The van der Waals surface area contributed by atoms with E-state index in [0.29, 0.717) is 11.4 Å². The number of carbonyl (C=O) groups is 1. The Balaban J connectivity index is 1.95. The van der Waals surface area contributed by atoms with Gasteiger partial charge in [0.2, 0.25) is 0 Å².